The molecule has 1 aliphatic rings. The van der Waals surface area contributed by atoms with E-state index in [-0.39, 0.29) is 11.4 Å². The van der Waals surface area contributed by atoms with Crippen molar-refractivity contribution in [2.75, 3.05) is 6.54 Å². The van der Waals surface area contributed by atoms with Gasteiger partial charge in [-0.2, -0.15) is 0 Å². The van der Waals surface area contributed by atoms with Crippen molar-refractivity contribution in [3.63, 3.8) is 0 Å². The Morgan fingerprint density at radius 2 is 1.81 bits per heavy atom. The molecule has 2 aromatic carbocycles. The highest BCUT2D eigenvalue weighted by atomic mass is 16.3. The quantitative estimate of drug-likeness (QED) is 0.658. The average molecular weight is 349 g/mol. The van der Waals surface area contributed by atoms with Crippen LogP contribution in [0.5, 0.6) is 5.88 Å². The van der Waals surface area contributed by atoms with Gasteiger partial charge < -0.3 is 10.4 Å². The van der Waals surface area contributed by atoms with Gasteiger partial charge >= 0.3 is 5.69 Å². The molecule has 132 valence electrons. The summed E-state index contributed by atoms with van der Waals surface area (Å²) in [5.41, 5.74) is 2.34. The van der Waals surface area contributed by atoms with Gasteiger partial charge in [0.25, 0.3) is 5.56 Å². The Labute approximate surface area is 149 Å². The molecule has 0 aliphatic carbocycles. The van der Waals surface area contributed by atoms with Crippen LogP contribution in [0.2, 0.25) is 0 Å². The maximum atomic E-state index is 12.6. The van der Waals surface area contributed by atoms with Crippen LogP contribution in [0.1, 0.15) is 28.3 Å². The average Bonchev–Trinajstić information content (AvgIpc) is 2.63. The first-order chi connectivity index (χ1) is 12.6. The number of fused-ring (bicyclic) bond motifs is 1. The first-order valence-electron chi connectivity index (χ1n) is 8.53. The topological polar surface area (TPSA) is 87.1 Å². The second-order valence-electron chi connectivity index (χ2n) is 6.45. The van der Waals surface area contributed by atoms with Crippen LogP contribution < -0.4 is 16.6 Å². The fraction of sp³-hybridized carbons (Fsp3) is 0.200. The molecule has 0 saturated heterocycles. The number of aromatic nitrogens is 2. The summed E-state index contributed by atoms with van der Waals surface area (Å²) in [5.74, 6) is -0.331. The molecule has 1 aromatic heterocycles. The van der Waals surface area contributed by atoms with Crippen LogP contribution in [0.4, 0.5) is 0 Å². The Morgan fingerprint density at radius 3 is 2.62 bits per heavy atom. The number of aromatic amines is 1. The third-order valence-corrected chi connectivity index (χ3v) is 4.87. The van der Waals surface area contributed by atoms with E-state index in [0.717, 1.165) is 27.7 Å². The highest BCUT2D eigenvalue weighted by Gasteiger charge is 2.28. The lowest BCUT2D eigenvalue weighted by atomic mass is 9.90. The van der Waals surface area contributed by atoms with E-state index < -0.39 is 17.3 Å². The Bertz CT molecular complexity index is 1100. The van der Waals surface area contributed by atoms with E-state index in [1.165, 1.54) is 0 Å². The number of rotatable bonds is 2. The third kappa shape index (κ3) is 2.55. The summed E-state index contributed by atoms with van der Waals surface area (Å²) in [7, 11) is 0. The lowest BCUT2D eigenvalue weighted by molar-refractivity contribution is 0.410. The van der Waals surface area contributed by atoms with E-state index in [4.69, 9.17) is 0 Å². The zero-order chi connectivity index (χ0) is 18.3. The van der Waals surface area contributed by atoms with Gasteiger partial charge in [-0.1, -0.05) is 42.5 Å². The van der Waals surface area contributed by atoms with E-state index in [1.807, 2.05) is 43.3 Å². The Kier molecular flexibility index (Phi) is 3.97. The molecule has 3 N–H and O–H groups in total. The number of benzene rings is 2. The highest BCUT2D eigenvalue weighted by molar-refractivity contribution is 5.47. The predicted octanol–water partition coefficient (Wildman–Crippen LogP) is 1.77. The smallest absolute Gasteiger partial charge is 0.335 e. The molecule has 6 nitrogen and oxygen atoms in total. The highest BCUT2D eigenvalue weighted by Crippen LogP contribution is 2.31. The maximum absolute atomic E-state index is 12.6. The van der Waals surface area contributed by atoms with Crippen molar-refractivity contribution in [2.24, 2.45) is 0 Å². The van der Waals surface area contributed by atoms with Crippen molar-refractivity contribution < 1.29 is 5.11 Å². The molecule has 0 fully saturated rings. The van der Waals surface area contributed by atoms with Crippen molar-refractivity contribution in [3.05, 3.63) is 91.6 Å². The SMILES string of the molecule is Cc1ccccc1-n1c(O)c([C@H]2NCCc3ccccc32)c(=O)[nH]c1=O. The zero-order valence-corrected chi connectivity index (χ0v) is 14.3. The van der Waals surface area contributed by atoms with Crippen LogP contribution in [-0.4, -0.2) is 21.2 Å². The van der Waals surface area contributed by atoms with Crippen LogP contribution in [0.3, 0.4) is 0 Å². The largest absolute Gasteiger partial charge is 0.494 e. The lowest BCUT2D eigenvalue weighted by Gasteiger charge is -2.27. The van der Waals surface area contributed by atoms with E-state index >= 15 is 0 Å². The van der Waals surface area contributed by atoms with E-state index in [1.54, 1.807) is 12.1 Å². The summed E-state index contributed by atoms with van der Waals surface area (Å²) in [6.45, 7) is 2.53. The first kappa shape index (κ1) is 16.4. The van der Waals surface area contributed by atoms with Crippen molar-refractivity contribution in [1.82, 2.24) is 14.9 Å². The molecule has 1 aliphatic heterocycles. The standard InChI is InChI=1S/C20H19N3O3/c1-12-6-2-5-9-15(12)23-19(25)16(18(24)22-20(23)26)17-14-8-4-3-7-13(14)10-11-21-17/h2-9,17,21,25H,10-11H2,1H3,(H,22,24,26)/t17-/m0/s1. The Morgan fingerprint density at radius 1 is 1.08 bits per heavy atom. The number of nitrogens with zero attached hydrogens (tertiary/aromatic N) is 1. The van der Waals surface area contributed by atoms with Crippen molar-refractivity contribution in [1.29, 1.82) is 0 Å². The molecule has 0 amide bonds. The van der Waals surface area contributed by atoms with Crippen LogP contribution in [0.15, 0.2) is 58.1 Å². The Balaban J connectivity index is 1.98. The second kappa shape index (κ2) is 6.31. The van der Waals surface area contributed by atoms with Crippen molar-refractivity contribution in [2.45, 2.75) is 19.4 Å². The normalized spacial score (nSPS) is 16.3. The van der Waals surface area contributed by atoms with Gasteiger partial charge in [-0.15, -0.1) is 0 Å². The molecular formula is C20H19N3O3. The van der Waals surface area contributed by atoms with E-state index in [0.29, 0.717) is 12.2 Å². The first-order valence-corrected chi connectivity index (χ1v) is 8.53. The van der Waals surface area contributed by atoms with Gasteiger partial charge in [0.1, 0.15) is 0 Å². The fourth-order valence-electron chi connectivity index (χ4n) is 3.60. The number of aromatic hydroxyl groups is 1. The van der Waals surface area contributed by atoms with E-state index in [2.05, 4.69) is 10.3 Å². The molecule has 2 heterocycles. The number of para-hydroxylation sites is 1. The van der Waals surface area contributed by atoms with Gasteiger partial charge in [0.15, 0.2) is 0 Å². The molecule has 0 unspecified atom stereocenters. The third-order valence-electron chi connectivity index (χ3n) is 4.87. The van der Waals surface area contributed by atoms with Crippen LogP contribution in [0, 0.1) is 6.92 Å². The minimum Gasteiger partial charge on any atom is -0.494 e. The zero-order valence-electron chi connectivity index (χ0n) is 14.3. The molecule has 0 bridgehead atoms. The summed E-state index contributed by atoms with van der Waals surface area (Å²) in [6.07, 6.45) is 0.850. The molecule has 4 rings (SSSR count). The fourth-order valence-corrected chi connectivity index (χ4v) is 3.60. The maximum Gasteiger partial charge on any atom is 0.335 e. The summed E-state index contributed by atoms with van der Waals surface area (Å²) < 4.78 is 1.16. The summed E-state index contributed by atoms with van der Waals surface area (Å²) in [4.78, 5) is 27.3. The van der Waals surface area contributed by atoms with Gasteiger partial charge in [0.2, 0.25) is 5.88 Å². The predicted molar refractivity (Wildman–Crippen MR) is 99.1 cm³/mol. The number of hydrogen-bond acceptors (Lipinski definition) is 4. The monoisotopic (exact) mass is 349 g/mol. The Hall–Kier alpha value is -3.12. The van der Waals surface area contributed by atoms with Crippen LogP contribution in [0.25, 0.3) is 5.69 Å². The summed E-state index contributed by atoms with van der Waals surface area (Å²) in [6, 6.07) is 14.6. The minimum atomic E-state index is -0.658. The van der Waals surface area contributed by atoms with Gasteiger partial charge in [-0.05, 0) is 36.1 Å². The lowest BCUT2D eigenvalue weighted by Crippen LogP contribution is -2.38. The summed E-state index contributed by atoms with van der Waals surface area (Å²) >= 11 is 0. The van der Waals surface area contributed by atoms with Gasteiger partial charge in [-0.3, -0.25) is 9.78 Å². The van der Waals surface area contributed by atoms with E-state index in [9.17, 15) is 14.7 Å². The number of nitrogens with one attached hydrogen (secondary N) is 2. The molecule has 6 heteroatoms. The molecule has 0 saturated carbocycles. The molecule has 0 spiro atoms. The molecule has 1 atom stereocenters. The number of aryl methyl sites for hydroxylation is 1. The minimum absolute atomic E-state index is 0.153. The van der Waals surface area contributed by atoms with Gasteiger partial charge in [0, 0.05) is 6.54 Å². The van der Waals surface area contributed by atoms with Crippen molar-refractivity contribution >= 4 is 0 Å². The second-order valence-corrected chi connectivity index (χ2v) is 6.45. The van der Waals surface area contributed by atoms with Gasteiger partial charge in [-0.25, -0.2) is 9.36 Å². The molecule has 26 heavy (non-hydrogen) atoms. The van der Waals surface area contributed by atoms with Crippen LogP contribution in [-0.2, 0) is 6.42 Å². The summed E-state index contributed by atoms with van der Waals surface area (Å²) in [5, 5.41) is 14.2. The van der Waals surface area contributed by atoms with Gasteiger partial charge in [0.05, 0.1) is 17.3 Å². The molecule has 3 aromatic rings. The van der Waals surface area contributed by atoms with Crippen molar-refractivity contribution in [3.8, 4) is 11.6 Å². The molecule has 0 radical (unpaired) electrons. The number of hydrogen-bond donors (Lipinski definition) is 3. The number of H-pyrrole nitrogens is 1. The molecular weight excluding hydrogens is 330 g/mol. The van der Waals surface area contributed by atoms with Crippen LogP contribution >= 0.6 is 0 Å².